The second-order valence-electron chi connectivity index (χ2n) is 10.0. The van der Waals surface area contributed by atoms with Crippen LogP contribution < -0.4 is 10.6 Å². The van der Waals surface area contributed by atoms with Gasteiger partial charge in [-0.3, -0.25) is 0 Å². The molecule has 0 spiro atoms. The Morgan fingerprint density at radius 3 is 2.60 bits per heavy atom. The summed E-state index contributed by atoms with van der Waals surface area (Å²) in [4.78, 5) is 9.55. The normalized spacial score (nSPS) is 14.3. The number of halogens is 1. The van der Waals surface area contributed by atoms with Crippen LogP contribution >= 0.6 is 11.3 Å². The predicted octanol–water partition coefficient (Wildman–Crippen LogP) is 7.26. The molecular weight excluding hydrogens is 455 g/mol. The summed E-state index contributed by atoms with van der Waals surface area (Å²) in [6.07, 6.45) is 5.74. The number of aryl methyl sites for hydroxylation is 2. The molecule has 4 rings (SSSR count). The number of nitrogens with zero attached hydrogens (tertiary/aromatic N) is 2. The van der Waals surface area contributed by atoms with Crippen molar-refractivity contribution in [3.63, 3.8) is 0 Å². The van der Waals surface area contributed by atoms with Crippen molar-refractivity contribution in [1.82, 2.24) is 20.6 Å². The maximum absolute atomic E-state index is 15.4. The average Bonchev–Trinajstić information content (AvgIpc) is 3.48. The molecule has 1 saturated carbocycles. The molecule has 1 aliphatic rings. The first kappa shape index (κ1) is 25.4. The van der Waals surface area contributed by atoms with Gasteiger partial charge in [-0.25, -0.2) is 14.4 Å². The number of aromatic nitrogens is 2. The van der Waals surface area contributed by atoms with Crippen LogP contribution in [-0.4, -0.2) is 22.1 Å². The van der Waals surface area contributed by atoms with Crippen molar-refractivity contribution in [1.29, 1.82) is 0 Å². The minimum Gasteiger partial charge on any atom is -0.384 e. The van der Waals surface area contributed by atoms with E-state index in [-0.39, 0.29) is 11.9 Å². The molecule has 1 unspecified atom stereocenters. The molecule has 0 amide bonds. The van der Waals surface area contributed by atoms with Crippen molar-refractivity contribution >= 4 is 22.2 Å². The first-order valence-electron chi connectivity index (χ1n) is 12.7. The predicted molar refractivity (Wildman–Crippen MR) is 146 cm³/mol. The number of nitrogens with one attached hydrogen (secondary N) is 2. The summed E-state index contributed by atoms with van der Waals surface area (Å²) in [5.74, 6) is 0.135. The van der Waals surface area contributed by atoms with Crippen molar-refractivity contribution < 1.29 is 4.39 Å². The third kappa shape index (κ3) is 6.10. The van der Waals surface area contributed by atoms with Crippen LogP contribution in [0.1, 0.15) is 76.1 Å². The number of fused-ring (bicyclic) bond motifs is 1. The molecule has 0 bridgehead atoms. The maximum atomic E-state index is 15.4. The Hall–Kier alpha value is -2.73. The Balaban J connectivity index is 1.62. The molecule has 1 aromatic carbocycles. The molecular formula is C29H37FN4S. The summed E-state index contributed by atoms with van der Waals surface area (Å²) in [6.45, 7) is 16.5. The molecule has 2 heterocycles. The van der Waals surface area contributed by atoms with Gasteiger partial charge >= 0.3 is 0 Å². The second-order valence-corrected chi connectivity index (χ2v) is 10.9. The number of benzene rings is 1. The third-order valence-corrected chi connectivity index (χ3v) is 7.43. The van der Waals surface area contributed by atoms with Crippen LogP contribution in [0, 0.1) is 5.82 Å². The summed E-state index contributed by atoms with van der Waals surface area (Å²) >= 11 is 1.58. The summed E-state index contributed by atoms with van der Waals surface area (Å²) in [6, 6.07) is 6.72. The molecule has 2 N–H and O–H groups in total. The van der Waals surface area contributed by atoms with Crippen molar-refractivity contribution in [2.45, 2.75) is 84.2 Å². The van der Waals surface area contributed by atoms with E-state index >= 15 is 4.39 Å². The first-order chi connectivity index (χ1) is 16.8. The Bertz CT molecular complexity index is 1220. The van der Waals surface area contributed by atoms with Gasteiger partial charge in [0.1, 0.15) is 16.2 Å². The fourth-order valence-electron chi connectivity index (χ4n) is 4.35. The molecule has 3 aromatic rings. The minimum atomic E-state index is -0.211. The monoisotopic (exact) mass is 492 g/mol. The third-order valence-electron chi connectivity index (χ3n) is 6.55. The zero-order valence-electron chi connectivity index (χ0n) is 21.4. The van der Waals surface area contributed by atoms with E-state index in [1.165, 1.54) is 12.8 Å². The largest absolute Gasteiger partial charge is 0.384 e. The second kappa shape index (κ2) is 10.9. The molecule has 1 atom stereocenters. The van der Waals surface area contributed by atoms with E-state index in [0.29, 0.717) is 29.5 Å². The van der Waals surface area contributed by atoms with E-state index in [1.807, 2.05) is 26.0 Å². The average molecular weight is 493 g/mol. The van der Waals surface area contributed by atoms with Gasteiger partial charge in [-0.2, -0.15) is 0 Å². The molecule has 6 heteroatoms. The van der Waals surface area contributed by atoms with Crippen LogP contribution in [0.5, 0.6) is 0 Å². The van der Waals surface area contributed by atoms with Crippen LogP contribution in [0.4, 0.5) is 4.39 Å². The van der Waals surface area contributed by atoms with Gasteiger partial charge in [0.15, 0.2) is 5.82 Å². The summed E-state index contributed by atoms with van der Waals surface area (Å²) in [5.41, 5.74) is 6.03. The SMILES string of the molecule is C=C(C)NC(CCCc1cc(-c2nc(C(C)C)cs2)nc2c(F)c(CC)ccc12)C(=C)NC1CC1. The molecule has 0 saturated heterocycles. The zero-order chi connectivity index (χ0) is 25.1. The highest BCUT2D eigenvalue weighted by atomic mass is 32.1. The van der Waals surface area contributed by atoms with Crippen molar-refractivity contribution in [3.05, 3.63) is 70.8 Å². The summed E-state index contributed by atoms with van der Waals surface area (Å²) in [7, 11) is 0. The molecule has 186 valence electrons. The molecule has 2 aromatic heterocycles. The Morgan fingerprint density at radius 2 is 1.97 bits per heavy atom. The lowest BCUT2D eigenvalue weighted by Gasteiger charge is -2.23. The molecule has 0 aliphatic heterocycles. The standard InChI is InChI=1S/C29H37FN4S/c1-7-20-11-14-23-21(9-8-10-24(31-18(4)5)19(6)32-22-12-13-22)15-25(33-28(23)27(20)30)29-34-26(16-35-29)17(2)3/h11,14-17,22,24,31-32H,4,6-10,12-13H2,1-3,5H3. The number of thiazole rings is 1. The van der Waals surface area contributed by atoms with Crippen LogP contribution in [0.3, 0.4) is 0 Å². The molecule has 0 radical (unpaired) electrons. The van der Waals surface area contributed by atoms with E-state index in [2.05, 4.69) is 49.1 Å². The van der Waals surface area contributed by atoms with Gasteiger partial charge in [0.05, 0.1) is 11.7 Å². The summed E-state index contributed by atoms with van der Waals surface area (Å²) < 4.78 is 15.4. The molecule has 1 aliphatic carbocycles. The smallest absolute Gasteiger partial charge is 0.152 e. The highest BCUT2D eigenvalue weighted by molar-refractivity contribution is 7.13. The lowest BCUT2D eigenvalue weighted by atomic mass is 9.97. The Labute approximate surface area is 212 Å². The van der Waals surface area contributed by atoms with E-state index in [4.69, 9.17) is 9.97 Å². The summed E-state index contributed by atoms with van der Waals surface area (Å²) in [5, 5.41) is 10.8. The number of rotatable bonds is 12. The van der Waals surface area contributed by atoms with Gasteiger partial charge in [0.2, 0.25) is 0 Å². The van der Waals surface area contributed by atoms with E-state index in [9.17, 15) is 0 Å². The first-order valence-corrected chi connectivity index (χ1v) is 13.6. The fourth-order valence-corrected chi connectivity index (χ4v) is 5.29. The zero-order valence-corrected chi connectivity index (χ0v) is 22.2. The van der Waals surface area contributed by atoms with Gasteiger partial charge < -0.3 is 10.6 Å². The van der Waals surface area contributed by atoms with Crippen molar-refractivity contribution in [2.24, 2.45) is 0 Å². The molecule has 35 heavy (non-hydrogen) atoms. The van der Waals surface area contributed by atoms with Gasteiger partial charge in [0, 0.05) is 28.2 Å². The molecule has 4 nitrogen and oxygen atoms in total. The Kier molecular flexibility index (Phi) is 7.90. The van der Waals surface area contributed by atoms with E-state index in [1.54, 1.807) is 11.3 Å². The van der Waals surface area contributed by atoms with Crippen LogP contribution in [0.15, 0.2) is 48.1 Å². The lowest BCUT2D eigenvalue weighted by Crippen LogP contribution is -2.35. The van der Waals surface area contributed by atoms with Gasteiger partial charge in [-0.05, 0) is 68.6 Å². The highest BCUT2D eigenvalue weighted by Crippen LogP contribution is 2.32. The van der Waals surface area contributed by atoms with Gasteiger partial charge in [0.25, 0.3) is 0 Å². The number of hydrogen-bond donors (Lipinski definition) is 2. The number of allylic oxidation sites excluding steroid dienone is 1. The quantitative estimate of drug-likeness (QED) is 0.279. The van der Waals surface area contributed by atoms with E-state index in [0.717, 1.165) is 58.0 Å². The van der Waals surface area contributed by atoms with Crippen molar-refractivity contribution in [3.8, 4) is 10.7 Å². The topological polar surface area (TPSA) is 49.8 Å². The number of pyridine rings is 1. The minimum absolute atomic E-state index is 0.122. The lowest BCUT2D eigenvalue weighted by molar-refractivity contribution is 0.532. The van der Waals surface area contributed by atoms with Gasteiger partial charge in [-0.1, -0.05) is 46.1 Å². The van der Waals surface area contributed by atoms with Crippen LogP contribution in [0.2, 0.25) is 0 Å². The van der Waals surface area contributed by atoms with E-state index < -0.39 is 0 Å². The fraction of sp³-hybridized carbons (Fsp3) is 0.448. The Morgan fingerprint density at radius 1 is 1.20 bits per heavy atom. The van der Waals surface area contributed by atoms with Crippen LogP contribution in [-0.2, 0) is 12.8 Å². The number of hydrogen-bond acceptors (Lipinski definition) is 5. The van der Waals surface area contributed by atoms with Crippen LogP contribution in [0.25, 0.3) is 21.6 Å². The highest BCUT2D eigenvalue weighted by Gasteiger charge is 2.24. The maximum Gasteiger partial charge on any atom is 0.152 e. The van der Waals surface area contributed by atoms with Crippen molar-refractivity contribution in [2.75, 3.05) is 0 Å². The van der Waals surface area contributed by atoms with Gasteiger partial charge in [-0.15, -0.1) is 11.3 Å². The molecule has 1 fully saturated rings.